The molecule has 1 aliphatic heterocycles. The first-order valence-corrected chi connectivity index (χ1v) is 11.7. The van der Waals surface area contributed by atoms with Gasteiger partial charge < -0.3 is 19.6 Å². The molecule has 5 rings (SSSR count). The number of aliphatic carboxylic acids is 1. The number of carboxylic acids is 1. The fourth-order valence-corrected chi connectivity index (χ4v) is 5.37. The number of nitrogens with one attached hydrogen (secondary N) is 1. The molecular weight excluding hydrogens is 432 g/mol. The number of anilines is 1. The van der Waals surface area contributed by atoms with Crippen LogP contribution >= 0.6 is 0 Å². The molecule has 2 fully saturated rings. The summed E-state index contributed by atoms with van der Waals surface area (Å²) in [5.41, 5.74) is 4.00. The Hall–Kier alpha value is -3.45. The highest BCUT2D eigenvalue weighted by molar-refractivity contribution is 6.03. The van der Waals surface area contributed by atoms with Crippen LogP contribution in [0.15, 0.2) is 52.9 Å². The van der Waals surface area contributed by atoms with E-state index < -0.39 is 11.6 Å². The number of nitrogens with zero attached hydrogens (tertiary/aromatic N) is 1. The molecule has 7 heteroatoms. The molecule has 0 radical (unpaired) electrons. The minimum absolute atomic E-state index is 0.0749. The lowest BCUT2D eigenvalue weighted by Gasteiger charge is -2.28. The minimum atomic E-state index is -0.797. The number of rotatable bonds is 7. The molecular formula is C27H28N2O5. The maximum atomic E-state index is 12.5. The summed E-state index contributed by atoms with van der Waals surface area (Å²) in [5.74, 6) is -0.314. The Kier molecular flexibility index (Phi) is 5.52. The molecule has 34 heavy (non-hydrogen) atoms. The number of ether oxygens (including phenoxy) is 1. The second-order valence-corrected chi connectivity index (χ2v) is 9.48. The number of aromatic nitrogens is 1. The van der Waals surface area contributed by atoms with E-state index in [0.29, 0.717) is 30.3 Å². The number of oxazole rings is 1. The highest BCUT2D eigenvalue weighted by Crippen LogP contribution is 2.55. The Bertz CT molecular complexity index is 1220. The van der Waals surface area contributed by atoms with Crippen molar-refractivity contribution in [2.24, 2.45) is 0 Å². The van der Waals surface area contributed by atoms with Crippen LogP contribution in [0.4, 0.5) is 5.69 Å². The number of fused-ring (bicyclic) bond motifs is 2. The van der Waals surface area contributed by atoms with Crippen LogP contribution in [-0.2, 0) is 21.4 Å². The summed E-state index contributed by atoms with van der Waals surface area (Å²) in [6.45, 7) is 4.28. The Balaban J connectivity index is 1.27. The van der Waals surface area contributed by atoms with Crippen molar-refractivity contribution in [3.63, 3.8) is 0 Å². The van der Waals surface area contributed by atoms with Crippen LogP contribution in [0.25, 0.3) is 11.1 Å². The van der Waals surface area contributed by atoms with Gasteiger partial charge in [-0.1, -0.05) is 43.3 Å². The van der Waals surface area contributed by atoms with Crippen molar-refractivity contribution in [2.45, 2.75) is 57.0 Å². The van der Waals surface area contributed by atoms with Crippen LogP contribution in [0.1, 0.15) is 60.3 Å². The molecule has 2 aliphatic rings. The molecule has 1 saturated heterocycles. The smallest absolute Gasteiger partial charge is 0.306 e. The third kappa shape index (κ3) is 4.01. The number of hydrogen-bond acceptors (Lipinski definition) is 5. The molecule has 1 amide bonds. The van der Waals surface area contributed by atoms with Gasteiger partial charge in [0.15, 0.2) is 5.89 Å². The first-order valence-electron chi connectivity index (χ1n) is 11.7. The van der Waals surface area contributed by atoms with E-state index in [1.54, 1.807) is 6.92 Å². The summed E-state index contributed by atoms with van der Waals surface area (Å²) in [6, 6.07) is 16.1. The average Bonchev–Trinajstić information content (AvgIpc) is 3.51. The van der Waals surface area contributed by atoms with Gasteiger partial charge in [0.25, 0.3) is 5.91 Å². The molecule has 2 aromatic carbocycles. The fourth-order valence-electron chi connectivity index (χ4n) is 5.37. The standard InChI is InChI=1S/C27H28N2O5/c1-3-22-28-17(2)24(34-22)25(32)29-21-10-6-19(7-11-21)18-4-8-20(9-5-18)26-12-13-27(15-26,33-16-26)14-23(30)31/h4-11H,3,12-16H2,1-2H3,(H,29,32)(H,30,31). The summed E-state index contributed by atoms with van der Waals surface area (Å²) in [5, 5.41) is 12.1. The van der Waals surface area contributed by atoms with Crippen LogP contribution in [-0.4, -0.2) is 34.2 Å². The summed E-state index contributed by atoms with van der Waals surface area (Å²) in [7, 11) is 0. The third-order valence-electron chi connectivity index (χ3n) is 7.17. The van der Waals surface area contributed by atoms with Gasteiger partial charge in [0.05, 0.1) is 24.3 Å². The van der Waals surface area contributed by atoms with Gasteiger partial charge in [0.2, 0.25) is 5.76 Å². The van der Waals surface area contributed by atoms with Gasteiger partial charge in [-0.05, 0) is 55.0 Å². The highest BCUT2D eigenvalue weighted by Gasteiger charge is 2.57. The zero-order valence-electron chi connectivity index (χ0n) is 19.4. The number of carbonyl (C=O) groups is 2. The van der Waals surface area contributed by atoms with E-state index >= 15 is 0 Å². The zero-order chi connectivity index (χ0) is 23.9. The van der Waals surface area contributed by atoms with Crippen molar-refractivity contribution >= 4 is 17.6 Å². The summed E-state index contributed by atoms with van der Waals surface area (Å²) < 4.78 is 11.5. The molecule has 2 atom stereocenters. The molecule has 0 spiro atoms. The summed E-state index contributed by atoms with van der Waals surface area (Å²) in [6.07, 6.45) is 3.23. The summed E-state index contributed by atoms with van der Waals surface area (Å²) >= 11 is 0. The molecule has 1 aliphatic carbocycles. The molecule has 1 saturated carbocycles. The van der Waals surface area contributed by atoms with E-state index in [1.165, 1.54) is 5.56 Å². The zero-order valence-corrected chi connectivity index (χ0v) is 19.4. The molecule has 2 N–H and O–H groups in total. The van der Waals surface area contributed by atoms with Crippen molar-refractivity contribution in [3.8, 4) is 11.1 Å². The first-order chi connectivity index (χ1) is 16.3. The number of hydrogen-bond donors (Lipinski definition) is 2. The van der Waals surface area contributed by atoms with Crippen molar-refractivity contribution in [3.05, 3.63) is 71.4 Å². The van der Waals surface area contributed by atoms with E-state index in [2.05, 4.69) is 34.6 Å². The molecule has 2 heterocycles. The molecule has 7 nitrogen and oxygen atoms in total. The largest absolute Gasteiger partial charge is 0.481 e. The van der Waals surface area contributed by atoms with Crippen molar-refractivity contribution in [1.29, 1.82) is 0 Å². The molecule has 3 aromatic rings. The van der Waals surface area contributed by atoms with Gasteiger partial charge in [-0.15, -0.1) is 0 Å². The lowest BCUT2D eigenvalue weighted by atomic mass is 9.79. The lowest BCUT2D eigenvalue weighted by Crippen LogP contribution is -2.30. The number of carboxylic acid groups (broad SMARTS) is 1. The first kappa shape index (κ1) is 22.3. The lowest BCUT2D eigenvalue weighted by molar-refractivity contribution is -0.143. The number of aryl methyl sites for hydroxylation is 2. The van der Waals surface area contributed by atoms with Crippen LogP contribution in [0.5, 0.6) is 0 Å². The van der Waals surface area contributed by atoms with E-state index in [1.807, 2.05) is 31.2 Å². The predicted molar refractivity (Wildman–Crippen MR) is 127 cm³/mol. The van der Waals surface area contributed by atoms with Crippen LogP contribution < -0.4 is 5.32 Å². The van der Waals surface area contributed by atoms with Crippen molar-refractivity contribution in [2.75, 3.05) is 11.9 Å². The van der Waals surface area contributed by atoms with Crippen LogP contribution in [0.2, 0.25) is 0 Å². The van der Waals surface area contributed by atoms with E-state index in [4.69, 9.17) is 9.15 Å². The molecule has 2 unspecified atom stereocenters. The average molecular weight is 461 g/mol. The SMILES string of the molecule is CCc1nc(C)c(C(=O)Nc2ccc(-c3ccc(C45CCC(CC(=O)O)(C4)OC5)cc3)cc2)o1. The number of benzene rings is 2. The van der Waals surface area contributed by atoms with E-state index in [-0.39, 0.29) is 23.5 Å². The van der Waals surface area contributed by atoms with Gasteiger partial charge in [-0.2, -0.15) is 0 Å². The maximum absolute atomic E-state index is 12.5. The highest BCUT2D eigenvalue weighted by atomic mass is 16.5. The molecule has 2 bridgehead atoms. The Morgan fingerprint density at radius 1 is 1.06 bits per heavy atom. The number of carbonyl (C=O) groups excluding carboxylic acids is 1. The maximum Gasteiger partial charge on any atom is 0.306 e. The van der Waals surface area contributed by atoms with E-state index in [9.17, 15) is 14.7 Å². The number of amides is 1. The van der Waals surface area contributed by atoms with Gasteiger partial charge >= 0.3 is 5.97 Å². The van der Waals surface area contributed by atoms with Gasteiger partial charge in [-0.3, -0.25) is 9.59 Å². The predicted octanol–water partition coefficient (Wildman–Crippen LogP) is 5.13. The normalized spacial score (nSPS) is 23.2. The fraction of sp³-hybridized carbons (Fsp3) is 0.370. The Labute approximate surface area is 198 Å². The van der Waals surface area contributed by atoms with Crippen LogP contribution in [0.3, 0.4) is 0 Å². The second-order valence-electron chi connectivity index (χ2n) is 9.48. The van der Waals surface area contributed by atoms with Crippen LogP contribution in [0, 0.1) is 6.92 Å². The topological polar surface area (TPSA) is 102 Å². The van der Waals surface area contributed by atoms with Gasteiger partial charge in [-0.25, -0.2) is 4.98 Å². The molecule has 1 aromatic heterocycles. The van der Waals surface area contributed by atoms with Gasteiger partial charge in [0, 0.05) is 17.5 Å². The minimum Gasteiger partial charge on any atom is -0.481 e. The van der Waals surface area contributed by atoms with Crippen molar-refractivity contribution < 1.29 is 23.8 Å². The third-order valence-corrected chi connectivity index (χ3v) is 7.17. The molecule has 176 valence electrons. The van der Waals surface area contributed by atoms with Crippen molar-refractivity contribution in [1.82, 2.24) is 4.98 Å². The Morgan fingerprint density at radius 2 is 1.74 bits per heavy atom. The monoisotopic (exact) mass is 460 g/mol. The van der Waals surface area contributed by atoms with Gasteiger partial charge in [0.1, 0.15) is 0 Å². The van der Waals surface area contributed by atoms with E-state index in [0.717, 1.165) is 30.4 Å². The quantitative estimate of drug-likeness (QED) is 0.507. The Morgan fingerprint density at radius 3 is 2.29 bits per heavy atom. The summed E-state index contributed by atoms with van der Waals surface area (Å²) in [4.78, 5) is 28.0. The second kappa shape index (κ2) is 8.40.